The minimum absolute atomic E-state index is 0.139. The van der Waals surface area contributed by atoms with E-state index in [0.717, 1.165) is 12.5 Å². The molecule has 2 rings (SSSR count). The maximum absolute atomic E-state index is 11.5. The molecule has 0 heterocycles. The molecule has 6 nitrogen and oxygen atoms in total. The topological polar surface area (TPSA) is 120 Å². The van der Waals surface area contributed by atoms with Gasteiger partial charge >= 0.3 is 0 Å². The van der Waals surface area contributed by atoms with E-state index in [1.807, 2.05) is 0 Å². The van der Waals surface area contributed by atoms with Crippen molar-refractivity contribution >= 4 is 42.8 Å². The summed E-state index contributed by atoms with van der Waals surface area (Å²) in [5.41, 5.74) is 12.4. The normalized spacial score (nSPS) is 12.3. The van der Waals surface area contributed by atoms with E-state index in [1.54, 1.807) is 12.1 Å². The highest BCUT2D eigenvalue weighted by Gasteiger charge is 2.13. The summed E-state index contributed by atoms with van der Waals surface area (Å²) in [7, 11) is -6.65. The largest absolute Gasteiger partial charge is 0.398 e. The number of hydrogen-bond donors (Lipinski definition) is 2. The molecular weight excluding hydrogens is 356 g/mol. The van der Waals surface area contributed by atoms with Gasteiger partial charge in [0.1, 0.15) is 0 Å². The van der Waals surface area contributed by atoms with Crippen molar-refractivity contribution in [3.8, 4) is 0 Å². The molecule has 0 bridgehead atoms. The fraction of sp³-hybridized carbons (Fsp3) is 0.143. The monoisotopic (exact) mass is 372 g/mol. The van der Waals surface area contributed by atoms with E-state index < -0.39 is 19.7 Å². The number of nitrogens with two attached hydrogens (primary N) is 2. The van der Waals surface area contributed by atoms with E-state index in [0.29, 0.717) is 21.2 Å². The van der Waals surface area contributed by atoms with Crippen molar-refractivity contribution in [2.75, 3.05) is 24.0 Å². The second-order valence-electron chi connectivity index (χ2n) is 5.05. The van der Waals surface area contributed by atoms with Crippen LogP contribution in [-0.4, -0.2) is 29.3 Å². The van der Waals surface area contributed by atoms with Gasteiger partial charge in [0.2, 0.25) is 0 Å². The van der Waals surface area contributed by atoms with E-state index in [2.05, 4.69) is 0 Å². The summed E-state index contributed by atoms with van der Waals surface area (Å²) >= 11 is 1.24. The van der Waals surface area contributed by atoms with Crippen LogP contribution in [-0.2, 0) is 19.7 Å². The molecule has 0 aliphatic heterocycles. The van der Waals surface area contributed by atoms with Crippen LogP contribution in [0.2, 0.25) is 0 Å². The molecule has 0 atom stereocenters. The fourth-order valence-electron chi connectivity index (χ4n) is 1.82. The van der Waals surface area contributed by atoms with Gasteiger partial charge in [0.25, 0.3) is 0 Å². The van der Waals surface area contributed by atoms with Crippen molar-refractivity contribution in [3.05, 3.63) is 36.4 Å². The first-order valence-corrected chi connectivity index (χ1v) is 11.0. The van der Waals surface area contributed by atoms with Crippen LogP contribution in [0.5, 0.6) is 0 Å². The Morgan fingerprint density at radius 2 is 1.09 bits per heavy atom. The zero-order valence-corrected chi connectivity index (χ0v) is 14.9. The Balaban J connectivity index is 2.37. The summed E-state index contributed by atoms with van der Waals surface area (Å²) in [5.74, 6) is 0. The molecule has 0 saturated carbocycles. The molecule has 2 aromatic carbocycles. The average molecular weight is 372 g/mol. The van der Waals surface area contributed by atoms with Crippen LogP contribution in [0.1, 0.15) is 0 Å². The zero-order chi connectivity index (χ0) is 17.4. The lowest BCUT2D eigenvalue weighted by molar-refractivity contribution is 0.600. The van der Waals surface area contributed by atoms with Crippen LogP contribution in [0.4, 0.5) is 11.4 Å². The number of benzene rings is 2. The van der Waals surface area contributed by atoms with Crippen LogP contribution in [0, 0.1) is 0 Å². The molecule has 0 saturated heterocycles. The second kappa shape index (κ2) is 6.06. The van der Waals surface area contributed by atoms with Gasteiger partial charge in [0.15, 0.2) is 19.7 Å². The van der Waals surface area contributed by atoms with Gasteiger partial charge in [-0.3, -0.25) is 0 Å². The van der Waals surface area contributed by atoms with Crippen molar-refractivity contribution in [1.82, 2.24) is 0 Å². The van der Waals surface area contributed by atoms with Gasteiger partial charge in [-0.25, -0.2) is 16.8 Å². The molecule has 2 aromatic rings. The Labute approximate surface area is 139 Å². The van der Waals surface area contributed by atoms with E-state index in [9.17, 15) is 16.8 Å². The molecule has 0 amide bonds. The van der Waals surface area contributed by atoms with Crippen molar-refractivity contribution in [1.29, 1.82) is 0 Å². The smallest absolute Gasteiger partial charge is 0.175 e. The van der Waals surface area contributed by atoms with Crippen molar-refractivity contribution in [2.24, 2.45) is 0 Å². The summed E-state index contributed by atoms with van der Waals surface area (Å²) < 4.78 is 46.0. The minimum Gasteiger partial charge on any atom is -0.398 e. The summed E-state index contributed by atoms with van der Waals surface area (Å²) in [6, 6.07) is 8.90. The summed E-state index contributed by atoms with van der Waals surface area (Å²) in [6.45, 7) is 0. The van der Waals surface area contributed by atoms with E-state index in [-0.39, 0.29) is 9.79 Å². The Hall–Kier alpha value is -1.71. The first kappa shape index (κ1) is 17.6. The summed E-state index contributed by atoms with van der Waals surface area (Å²) in [5, 5.41) is 0. The maximum Gasteiger partial charge on any atom is 0.175 e. The van der Waals surface area contributed by atoms with Gasteiger partial charge in [-0.2, -0.15) is 0 Å². The lowest BCUT2D eigenvalue weighted by atomic mass is 10.3. The summed E-state index contributed by atoms with van der Waals surface area (Å²) in [4.78, 5) is 1.55. The van der Waals surface area contributed by atoms with Crippen LogP contribution >= 0.6 is 11.8 Å². The Bertz CT molecular complexity index is 888. The van der Waals surface area contributed by atoms with Gasteiger partial charge in [-0.15, -0.1) is 0 Å². The first-order valence-electron chi connectivity index (χ1n) is 6.35. The third-order valence-corrected chi connectivity index (χ3v) is 6.44. The fourth-order valence-corrected chi connectivity index (χ4v) is 3.99. The van der Waals surface area contributed by atoms with E-state index >= 15 is 0 Å². The SMILES string of the molecule is CS(=O)(=O)c1ccc(Sc2ccc(S(C)(=O)=O)cc2N)c(N)c1. The molecular formula is C14H16N2O4S3. The van der Waals surface area contributed by atoms with Crippen molar-refractivity contribution < 1.29 is 16.8 Å². The molecule has 124 valence electrons. The Morgan fingerprint density at radius 1 is 0.739 bits per heavy atom. The van der Waals surface area contributed by atoms with Gasteiger partial charge < -0.3 is 11.5 Å². The highest BCUT2D eigenvalue weighted by molar-refractivity contribution is 7.99. The average Bonchev–Trinajstić information content (AvgIpc) is 2.40. The van der Waals surface area contributed by atoms with Gasteiger partial charge in [-0.1, -0.05) is 11.8 Å². The number of hydrogen-bond acceptors (Lipinski definition) is 7. The molecule has 0 aliphatic carbocycles. The number of nitrogen functional groups attached to an aromatic ring is 2. The number of sulfone groups is 2. The third kappa shape index (κ3) is 4.18. The predicted molar refractivity (Wildman–Crippen MR) is 92.1 cm³/mol. The van der Waals surface area contributed by atoms with E-state index in [4.69, 9.17) is 11.5 Å². The first-order chi connectivity index (χ1) is 10.5. The van der Waals surface area contributed by atoms with Gasteiger partial charge in [0.05, 0.1) is 9.79 Å². The van der Waals surface area contributed by atoms with E-state index in [1.165, 1.54) is 36.0 Å². The molecule has 23 heavy (non-hydrogen) atoms. The molecule has 0 aliphatic rings. The Morgan fingerprint density at radius 3 is 1.35 bits per heavy atom. The molecule has 0 radical (unpaired) electrons. The molecule has 0 fully saturated rings. The lowest BCUT2D eigenvalue weighted by Gasteiger charge is -2.10. The molecule has 0 spiro atoms. The maximum atomic E-state index is 11.5. The molecule has 9 heteroatoms. The minimum atomic E-state index is -3.33. The second-order valence-corrected chi connectivity index (χ2v) is 10.2. The zero-order valence-electron chi connectivity index (χ0n) is 12.5. The van der Waals surface area contributed by atoms with Gasteiger partial charge in [-0.05, 0) is 36.4 Å². The molecule has 0 unspecified atom stereocenters. The Kier molecular flexibility index (Phi) is 4.65. The third-order valence-electron chi connectivity index (χ3n) is 3.04. The predicted octanol–water partition coefficient (Wildman–Crippen LogP) is 1.81. The molecule has 0 aromatic heterocycles. The van der Waals surface area contributed by atoms with Crippen molar-refractivity contribution in [2.45, 2.75) is 19.6 Å². The summed E-state index contributed by atoms with van der Waals surface area (Å²) in [6.07, 6.45) is 2.22. The van der Waals surface area contributed by atoms with Crippen LogP contribution in [0.3, 0.4) is 0 Å². The van der Waals surface area contributed by atoms with Crippen LogP contribution < -0.4 is 11.5 Å². The lowest BCUT2D eigenvalue weighted by Crippen LogP contribution is -2.00. The standard InChI is InChI=1S/C14H16N2O4S3/c1-22(17,18)9-3-5-13(11(15)7-9)21-14-6-4-10(8-12(14)16)23(2,19)20/h3-8H,15-16H2,1-2H3. The number of anilines is 2. The van der Waals surface area contributed by atoms with Crippen LogP contribution in [0.15, 0.2) is 56.0 Å². The quantitative estimate of drug-likeness (QED) is 0.785. The van der Waals surface area contributed by atoms with Gasteiger partial charge in [0, 0.05) is 33.7 Å². The highest BCUT2D eigenvalue weighted by atomic mass is 32.2. The molecule has 4 N–H and O–H groups in total. The van der Waals surface area contributed by atoms with Crippen molar-refractivity contribution in [3.63, 3.8) is 0 Å². The number of rotatable bonds is 4. The highest BCUT2D eigenvalue weighted by Crippen LogP contribution is 2.37. The van der Waals surface area contributed by atoms with Crippen LogP contribution in [0.25, 0.3) is 0 Å².